The maximum atomic E-state index is 13.4. The normalized spacial score (nSPS) is 16.5. The molecular weight excluding hydrogens is 439 g/mol. The molecule has 0 radical (unpaired) electrons. The SMILES string of the molecule is COCCN1C(=O)N[C@H](c2cccc(C(F)(F)F)c2)C(C(=O)Nc2ccccc2OC)=C1C. The largest absolute Gasteiger partial charge is 0.495 e. The standard InChI is InChI=1S/C23H24F3N3O4/c1-14-19(21(30)27-17-9-4-5-10-18(17)33-3)20(28-22(31)29(14)11-12-32-2)15-7-6-8-16(13-15)23(24,25)26/h4-10,13,20H,11-12H2,1-3H3,(H,27,30)(H,28,31)/t20-/m1/s1. The molecule has 0 fully saturated rings. The highest BCUT2D eigenvalue weighted by atomic mass is 19.4. The van der Waals surface area contributed by atoms with Gasteiger partial charge in [0.05, 0.1) is 43.1 Å². The van der Waals surface area contributed by atoms with Crippen LogP contribution in [0.15, 0.2) is 59.8 Å². The van der Waals surface area contributed by atoms with Gasteiger partial charge in [0.25, 0.3) is 5.91 Å². The molecule has 0 aliphatic carbocycles. The quantitative estimate of drug-likeness (QED) is 0.640. The number of alkyl halides is 3. The van der Waals surface area contributed by atoms with Gasteiger partial charge in [-0.3, -0.25) is 9.69 Å². The van der Waals surface area contributed by atoms with Crippen molar-refractivity contribution in [3.8, 4) is 5.75 Å². The fraction of sp³-hybridized carbons (Fsp3) is 0.304. The van der Waals surface area contributed by atoms with Crippen LogP contribution >= 0.6 is 0 Å². The number of carbonyl (C=O) groups is 2. The minimum Gasteiger partial charge on any atom is -0.495 e. The summed E-state index contributed by atoms with van der Waals surface area (Å²) in [5.41, 5.74) is 0.0577. The molecule has 0 unspecified atom stereocenters. The molecule has 33 heavy (non-hydrogen) atoms. The van der Waals surface area contributed by atoms with E-state index in [0.29, 0.717) is 17.1 Å². The molecule has 0 bridgehead atoms. The first-order chi connectivity index (χ1) is 15.7. The highest BCUT2D eigenvalue weighted by Gasteiger charge is 2.37. The van der Waals surface area contributed by atoms with Crippen LogP contribution in [-0.2, 0) is 15.7 Å². The summed E-state index contributed by atoms with van der Waals surface area (Å²) in [5.74, 6) is -0.169. The van der Waals surface area contributed by atoms with Crippen molar-refractivity contribution in [3.05, 3.63) is 70.9 Å². The third kappa shape index (κ3) is 5.28. The van der Waals surface area contributed by atoms with Gasteiger partial charge in [-0.1, -0.05) is 24.3 Å². The zero-order valence-corrected chi connectivity index (χ0v) is 18.3. The Morgan fingerprint density at radius 2 is 1.88 bits per heavy atom. The van der Waals surface area contributed by atoms with Gasteiger partial charge in [0.15, 0.2) is 0 Å². The first-order valence-corrected chi connectivity index (χ1v) is 10.1. The molecule has 176 valence electrons. The van der Waals surface area contributed by atoms with E-state index in [-0.39, 0.29) is 24.3 Å². The molecule has 0 saturated carbocycles. The average molecular weight is 463 g/mol. The Morgan fingerprint density at radius 3 is 2.55 bits per heavy atom. The number of urea groups is 1. The first kappa shape index (κ1) is 24.1. The number of benzene rings is 2. The summed E-state index contributed by atoms with van der Waals surface area (Å²) in [7, 11) is 2.93. The molecule has 2 aromatic carbocycles. The predicted octanol–water partition coefficient (Wildman–Crippen LogP) is 4.34. The van der Waals surface area contributed by atoms with Gasteiger partial charge in [0.1, 0.15) is 5.75 Å². The number of carbonyl (C=O) groups excluding carboxylic acids is 2. The molecule has 0 saturated heterocycles. The highest BCUT2D eigenvalue weighted by Crippen LogP contribution is 2.36. The van der Waals surface area contributed by atoms with Gasteiger partial charge in [-0.15, -0.1) is 0 Å². The van der Waals surface area contributed by atoms with E-state index in [4.69, 9.17) is 9.47 Å². The third-order valence-electron chi connectivity index (χ3n) is 5.26. The molecular formula is C23H24F3N3O4. The van der Waals surface area contributed by atoms with Crippen LogP contribution in [0.5, 0.6) is 5.75 Å². The van der Waals surface area contributed by atoms with Crippen LogP contribution in [0.3, 0.4) is 0 Å². The maximum absolute atomic E-state index is 13.4. The monoisotopic (exact) mass is 463 g/mol. The van der Waals surface area contributed by atoms with Crippen molar-refractivity contribution in [1.82, 2.24) is 10.2 Å². The number of hydrogen-bond acceptors (Lipinski definition) is 4. The third-order valence-corrected chi connectivity index (χ3v) is 5.26. The van der Waals surface area contributed by atoms with E-state index in [2.05, 4.69) is 10.6 Å². The second-order valence-electron chi connectivity index (χ2n) is 7.30. The molecule has 7 nitrogen and oxygen atoms in total. The van der Waals surface area contributed by atoms with Gasteiger partial charge in [0.2, 0.25) is 0 Å². The van der Waals surface area contributed by atoms with Gasteiger partial charge >= 0.3 is 12.2 Å². The molecule has 2 N–H and O–H groups in total. The number of amides is 3. The molecule has 2 aromatic rings. The lowest BCUT2D eigenvalue weighted by molar-refractivity contribution is -0.137. The van der Waals surface area contributed by atoms with E-state index in [9.17, 15) is 22.8 Å². The molecule has 0 spiro atoms. The summed E-state index contributed by atoms with van der Waals surface area (Å²) >= 11 is 0. The molecule has 10 heteroatoms. The van der Waals surface area contributed by atoms with E-state index in [1.165, 1.54) is 31.3 Å². The fourth-order valence-electron chi connectivity index (χ4n) is 3.61. The fourth-order valence-corrected chi connectivity index (χ4v) is 3.61. The van der Waals surface area contributed by atoms with Crippen LogP contribution in [0.2, 0.25) is 0 Å². The maximum Gasteiger partial charge on any atom is 0.416 e. The summed E-state index contributed by atoms with van der Waals surface area (Å²) in [4.78, 5) is 27.5. The second-order valence-corrected chi connectivity index (χ2v) is 7.30. The van der Waals surface area contributed by atoms with Gasteiger partial charge < -0.3 is 20.1 Å². The summed E-state index contributed by atoms with van der Waals surface area (Å²) in [6, 6.07) is 9.65. The molecule has 1 aliphatic heterocycles. The predicted molar refractivity (Wildman–Crippen MR) is 116 cm³/mol. The van der Waals surface area contributed by atoms with Crippen molar-refractivity contribution >= 4 is 17.6 Å². The van der Waals surface area contributed by atoms with E-state index in [1.54, 1.807) is 31.2 Å². The topological polar surface area (TPSA) is 79.9 Å². The average Bonchev–Trinajstić information content (AvgIpc) is 2.78. The molecule has 1 atom stereocenters. The van der Waals surface area contributed by atoms with E-state index in [1.807, 2.05) is 0 Å². The number of halogens is 3. The van der Waals surface area contributed by atoms with Gasteiger partial charge in [0, 0.05) is 12.8 Å². The summed E-state index contributed by atoms with van der Waals surface area (Å²) in [6.07, 6.45) is -4.57. The van der Waals surface area contributed by atoms with Crippen LogP contribution < -0.4 is 15.4 Å². The Kier molecular flexibility index (Phi) is 7.27. The van der Waals surface area contributed by atoms with Gasteiger partial charge in [-0.25, -0.2) is 4.79 Å². The first-order valence-electron chi connectivity index (χ1n) is 10.1. The number of allylic oxidation sites excluding steroid dienone is 1. The number of methoxy groups -OCH3 is 2. The number of ether oxygens (including phenoxy) is 2. The minimum atomic E-state index is -4.57. The number of nitrogens with one attached hydrogen (secondary N) is 2. The summed E-state index contributed by atoms with van der Waals surface area (Å²) < 4.78 is 50.2. The van der Waals surface area contributed by atoms with E-state index >= 15 is 0 Å². The highest BCUT2D eigenvalue weighted by molar-refractivity contribution is 6.07. The van der Waals surface area contributed by atoms with Crippen LogP contribution in [0.25, 0.3) is 0 Å². The van der Waals surface area contributed by atoms with Crippen molar-refractivity contribution in [1.29, 1.82) is 0 Å². The minimum absolute atomic E-state index is 0.107. The van der Waals surface area contributed by atoms with Crippen LogP contribution in [0.1, 0.15) is 24.1 Å². The Balaban J connectivity index is 2.07. The smallest absolute Gasteiger partial charge is 0.416 e. The van der Waals surface area contributed by atoms with Crippen molar-refractivity contribution in [2.45, 2.75) is 19.1 Å². The van der Waals surface area contributed by atoms with E-state index in [0.717, 1.165) is 12.1 Å². The Labute approximate surface area is 189 Å². The number of hydrogen-bond donors (Lipinski definition) is 2. The van der Waals surface area contributed by atoms with E-state index < -0.39 is 29.7 Å². The van der Waals surface area contributed by atoms with Crippen LogP contribution in [0.4, 0.5) is 23.7 Å². The van der Waals surface area contributed by atoms with Gasteiger partial charge in [-0.2, -0.15) is 13.2 Å². The Hall–Kier alpha value is -3.53. The molecule has 3 amide bonds. The molecule has 1 heterocycles. The molecule has 0 aromatic heterocycles. The summed E-state index contributed by atoms with van der Waals surface area (Å²) in [5, 5.41) is 5.40. The number of nitrogens with zero attached hydrogens (tertiary/aromatic N) is 1. The second kappa shape index (κ2) is 9.95. The molecule has 3 rings (SSSR count). The Bertz CT molecular complexity index is 1070. The number of anilines is 1. The van der Waals surface area contributed by atoms with Crippen molar-refractivity contribution in [3.63, 3.8) is 0 Å². The summed E-state index contributed by atoms with van der Waals surface area (Å²) in [6.45, 7) is 1.95. The van der Waals surface area contributed by atoms with Crippen molar-refractivity contribution in [2.75, 3.05) is 32.7 Å². The zero-order chi connectivity index (χ0) is 24.2. The number of rotatable bonds is 7. The lowest BCUT2D eigenvalue weighted by Crippen LogP contribution is -2.49. The lowest BCUT2D eigenvalue weighted by atomic mass is 9.93. The van der Waals surface area contributed by atoms with Crippen LogP contribution in [-0.4, -0.2) is 44.2 Å². The van der Waals surface area contributed by atoms with Gasteiger partial charge in [-0.05, 0) is 36.8 Å². The lowest BCUT2D eigenvalue weighted by Gasteiger charge is -2.36. The number of para-hydroxylation sites is 2. The molecule has 1 aliphatic rings. The van der Waals surface area contributed by atoms with Crippen molar-refractivity contribution in [2.24, 2.45) is 0 Å². The zero-order valence-electron chi connectivity index (χ0n) is 18.3. The van der Waals surface area contributed by atoms with Crippen molar-refractivity contribution < 1.29 is 32.2 Å². The van der Waals surface area contributed by atoms with Crippen LogP contribution in [0, 0.1) is 0 Å². The Morgan fingerprint density at radius 1 is 1.15 bits per heavy atom.